The number of aryl methyl sites for hydroxylation is 1. The Hall–Kier alpha value is -2.33. The minimum Gasteiger partial charge on any atom is -0.377 e. The Bertz CT molecular complexity index is 845. The zero-order chi connectivity index (χ0) is 16.8. The molecule has 5 heteroatoms. The average Bonchev–Trinajstić information content (AvgIpc) is 3.05. The quantitative estimate of drug-likeness (QED) is 0.453. The number of anilines is 1. The van der Waals surface area contributed by atoms with Crippen molar-refractivity contribution in [3.8, 4) is 0 Å². The van der Waals surface area contributed by atoms with Gasteiger partial charge in [-0.05, 0) is 42.5 Å². The molecule has 0 saturated heterocycles. The first kappa shape index (κ1) is 15.2. The summed E-state index contributed by atoms with van der Waals surface area (Å²) in [7, 11) is 0. The lowest BCUT2D eigenvalue weighted by Gasteiger charge is -2.38. The lowest BCUT2D eigenvalue weighted by Crippen LogP contribution is -2.30. The van der Waals surface area contributed by atoms with E-state index in [4.69, 9.17) is 11.6 Å². The highest BCUT2D eigenvalue weighted by molar-refractivity contribution is 6.30. The summed E-state index contributed by atoms with van der Waals surface area (Å²) < 4.78 is 0. The second kappa shape index (κ2) is 5.64. The summed E-state index contributed by atoms with van der Waals surface area (Å²) in [6, 6.07) is 11.4. The molecule has 0 amide bonds. The molecule has 2 aromatic carbocycles. The minimum atomic E-state index is -0.272. The molecule has 0 radical (unpaired) electrons. The van der Waals surface area contributed by atoms with Crippen LogP contribution in [-0.2, 0) is 0 Å². The van der Waals surface area contributed by atoms with Gasteiger partial charge < -0.3 is 5.32 Å². The number of halogens is 1. The van der Waals surface area contributed by atoms with Crippen LogP contribution in [0.3, 0.4) is 0 Å². The molecule has 1 aliphatic carbocycles. The van der Waals surface area contributed by atoms with Crippen molar-refractivity contribution in [1.29, 1.82) is 0 Å². The molecule has 1 heterocycles. The lowest BCUT2D eigenvalue weighted by molar-refractivity contribution is -0.385. The third-order valence-corrected chi connectivity index (χ3v) is 5.38. The number of hydrogen-bond acceptors (Lipinski definition) is 3. The van der Waals surface area contributed by atoms with E-state index in [9.17, 15) is 10.1 Å². The Morgan fingerprint density at radius 3 is 2.67 bits per heavy atom. The molecule has 0 unspecified atom stereocenters. The molecule has 1 N–H and O–H groups in total. The van der Waals surface area contributed by atoms with Crippen LogP contribution in [0.15, 0.2) is 48.6 Å². The predicted octanol–water partition coefficient (Wildman–Crippen LogP) is 5.38. The van der Waals surface area contributed by atoms with Gasteiger partial charge in [-0.25, -0.2) is 0 Å². The molecular weight excluding hydrogens is 324 g/mol. The van der Waals surface area contributed by atoms with E-state index < -0.39 is 0 Å². The molecule has 0 aromatic heterocycles. The van der Waals surface area contributed by atoms with Crippen LogP contribution in [0.5, 0.6) is 0 Å². The van der Waals surface area contributed by atoms with Gasteiger partial charge in [0.05, 0.1) is 16.5 Å². The number of nitrogens with zero attached hydrogens (tertiary/aromatic N) is 1. The van der Waals surface area contributed by atoms with E-state index in [1.165, 1.54) is 0 Å². The molecule has 0 fully saturated rings. The number of fused-ring (bicyclic) bond motifs is 3. The van der Waals surface area contributed by atoms with Crippen molar-refractivity contribution in [2.45, 2.75) is 25.3 Å². The summed E-state index contributed by atoms with van der Waals surface area (Å²) in [5.41, 5.74) is 4.13. The van der Waals surface area contributed by atoms with E-state index in [0.29, 0.717) is 5.02 Å². The molecule has 0 saturated carbocycles. The average molecular weight is 341 g/mol. The third kappa shape index (κ3) is 2.29. The van der Waals surface area contributed by atoms with Gasteiger partial charge in [0.25, 0.3) is 5.69 Å². The van der Waals surface area contributed by atoms with Crippen LogP contribution in [0.2, 0.25) is 5.02 Å². The fraction of sp³-hybridized carbons (Fsp3) is 0.263. The van der Waals surface area contributed by atoms with Gasteiger partial charge >= 0.3 is 0 Å². The topological polar surface area (TPSA) is 55.2 Å². The lowest BCUT2D eigenvalue weighted by atomic mass is 9.76. The van der Waals surface area contributed by atoms with Crippen LogP contribution in [0.25, 0.3) is 0 Å². The second-order valence-corrected chi connectivity index (χ2v) is 6.91. The van der Waals surface area contributed by atoms with E-state index in [0.717, 1.165) is 28.8 Å². The molecule has 1 aliphatic heterocycles. The van der Waals surface area contributed by atoms with Gasteiger partial charge in [0.2, 0.25) is 0 Å². The Morgan fingerprint density at radius 2 is 1.96 bits per heavy atom. The van der Waals surface area contributed by atoms with E-state index >= 15 is 0 Å². The van der Waals surface area contributed by atoms with Crippen LogP contribution in [0.4, 0.5) is 11.4 Å². The SMILES string of the molecule is Cc1ccc([N+](=O)[O-])c2c1N[C@@H](c1ccc(Cl)cc1)[C@H]1CC=C[C@@H]21. The van der Waals surface area contributed by atoms with E-state index in [-0.39, 0.29) is 28.5 Å². The van der Waals surface area contributed by atoms with Crippen LogP contribution in [0.1, 0.15) is 35.1 Å². The van der Waals surface area contributed by atoms with Crippen LogP contribution < -0.4 is 5.32 Å². The van der Waals surface area contributed by atoms with Crippen molar-refractivity contribution in [2.24, 2.45) is 5.92 Å². The number of allylic oxidation sites excluding steroid dienone is 2. The molecule has 2 aliphatic rings. The van der Waals surface area contributed by atoms with Gasteiger partial charge in [-0.3, -0.25) is 10.1 Å². The Balaban J connectivity index is 1.86. The van der Waals surface area contributed by atoms with Crippen molar-refractivity contribution in [2.75, 3.05) is 5.32 Å². The number of nitrogens with one attached hydrogen (secondary N) is 1. The fourth-order valence-electron chi connectivity index (χ4n) is 3.99. The first-order chi connectivity index (χ1) is 11.6. The number of nitro groups is 1. The molecule has 4 rings (SSSR count). The summed E-state index contributed by atoms with van der Waals surface area (Å²) in [6.45, 7) is 1.99. The Labute approximate surface area is 145 Å². The maximum Gasteiger partial charge on any atom is 0.275 e. The molecule has 0 bridgehead atoms. The Morgan fingerprint density at radius 1 is 1.21 bits per heavy atom. The first-order valence-electron chi connectivity index (χ1n) is 8.03. The molecule has 2 aromatic rings. The largest absolute Gasteiger partial charge is 0.377 e. The van der Waals surface area contributed by atoms with Gasteiger partial charge in [-0.1, -0.05) is 42.0 Å². The Kier molecular flexibility index (Phi) is 3.57. The molecular formula is C19H17ClN2O2. The van der Waals surface area contributed by atoms with Crippen LogP contribution in [0, 0.1) is 23.0 Å². The highest BCUT2D eigenvalue weighted by Gasteiger charge is 2.42. The zero-order valence-electron chi connectivity index (χ0n) is 13.2. The molecule has 4 nitrogen and oxygen atoms in total. The van der Waals surface area contributed by atoms with Gasteiger partial charge in [-0.2, -0.15) is 0 Å². The van der Waals surface area contributed by atoms with E-state index in [1.54, 1.807) is 6.07 Å². The number of benzene rings is 2. The van der Waals surface area contributed by atoms with Gasteiger partial charge in [-0.15, -0.1) is 0 Å². The molecule has 3 atom stereocenters. The first-order valence-corrected chi connectivity index (χ1v) is 8.40. The highest BCUT2D eigenvalue weighted by Crippen LogP contribution is 2.53. The van der Waals surface area contributed by atoms with Crippen molar-refractivity contribution in [3.05, 3.63) is 80.4 Å². The fourth-order valence-corrected chi connectivity index (χ4v) is 4.12. The van der Waals surface area contributed by atoms with Crippen LogP contribution in [-0.4, -0.2) is 4.92 Å². The van der Waals surface area contributed by atoms with Crippen molar-refractivity contribution < 1.29 is 4.92 Å². The van der Waals surface area contributed by atoms with Crippen molar-refractivity contribution in [3.63, 3.8) is 0 Å². The van der Waals surface area contributed by atoms with E-state index in [1.807, 2.05) is 37.3 Å². The van der Waals surface area contributed by atoms with Gasteiger partial charge in [0, 0.05) is 22.7 Å². The second-order valence-electron chi connectivity index (χ2n) is 6.47. The summed E-state index contributed by atoms with van der Waals surface area (Å²) in [5, 5.41) is 15.8. The monoisotopic (exact) mass is 340 g/mol. The normalized spacial score (nSPS) is 24.2. The standard InChI is InChI=1S/C19H17ClN2O2/c1-11-5-10-16(22(23)24)17-14-3-2-4-15(14)19(21-18(11)17)12-6-8-13(20)9-7-12/h2-3,5-10,14-15,19,21H,4H2,1H3/t14-,15+,19+/m1/s1. The van der Waals surface area contributed by atoms with E-state index in [2.05, 4.69) is 17.5 Å². The highest BCUT2D eigenvalue weighted by atomic mass is 35.5. The van der Waals surface area contributed by atoms with Gasteiger partial charge in [0.1, 0.15) is 0 Å². The third-order valence-electron chi connectivity index (χ3n) is 5.13. The number of hydrogen-bond donors (Lipinski definition) is 1. The van der Waals surface area contributed by atoms with Crippen LogP contribution >= 0.6 is 11.6 Å². The zero-order valence-corrected chi connectivity index (χ0v) is 14.0. The molecule has 0 spiro atoms. The predicted molar refractivity (Wildman–Crippen MR) is 95.6 cm³/mol. The summed E-state index contributed by atoms with van der Waals surface area (Å²) in [4.78, 5) is 11.2. The van der Waals surface area contributed by atoms with Crippen molar-refractivity contribution in [1.82, 2.24) is 0 Å². The summed E-state index contributed by atoms with van der Waals surface area (Å²) >= 11 is 6.02. The smallest absolute Gasteiger partial charge is 0.275 e. The van der Waals surface area contributed by atoms with Crippen molar-refractivity contribution >= 4 is 23.0 Å². The maximum atomic E-state index is 11.5. The summed E-state index contributed by atoms with van der Waals surface area (Å²) in [5.74, 6) is 0.349. The minimum absolute atomic E-state index is 0.0715. The van der Waals surface area contributed by atoms with Gasteiger partial charge in [0.15, 0.2) is 0 Å². The number of rotatable bonds is 2. The number of nitro benzene ring substituents is 1. The maximum absolute atomic E-state index is 11.5. The molecule has 122 valence electrons. The summed E-state index contributed by atoms with van der Waals surface area (Å²) in [6.07, 6.45) is 5.18. The molecule has 24 heavy (non-hydrogen) atoms.